The minimum Gasteiger partial charge on any atom is -0.310 e. The molecule has 0 fully saturated rings. The predicted molar refractivity (Wildman–Crippen MR) is 71.6 cm³/mol. The molecule has 0 saturated carbocycles. The van der Waals surface area contributed by atoms with Gasteiger partial charge in [-0.2, -0.15) is 0 Å². The van der Waals surface area contributed by atoms with Crippen LogP contribution in [0.25, 0.3) is 0 Å². The van der Waals surface area contributed by atoms with Gasteiger partial charge in [0.1, 0.15) is 5.82 Å². The van der Waals surface area contributed by atoms with Crippen LogP contribution in [0.2, 0.25) is 0 Å². The molecule has 1 rings (SSSR count). The van der Waals surface area contributed by atoms with Crippen LogP contribution in [0.3, 0.4) is 0 Å². The molecule has 0 radical (unpaired) electrons. The lowest BCUT2D eigenvalue weighted by molar-refractivity contribution is 0.306. The highest BCUT2D eigenvalue weighted by Crippen LogP contribution is 2.29. The summed E-state index contributed by atoms with van der Waals surface area (Å²) in [6, 6.07) is 5.39. The summed E-state index contributed by atoms with van der Waals surface area (Å²) in [5, 5.41) is 3.52. The van der Waals surface area contributed by atoms with E-state index in [0.717, 1.165) is 12.1 Å². The number of aryl methyl sites for hydroxylation is 1. The number of halogens is 1. The number of hydrogen-bond acceptors (Lipinski definition) is 1. The quantitative estimate of drug-likeness (QED) is 0.813. The Hall–Kier alpha value is -0.890. The molecule has 0 aliphatic carbocycles. The summed E-state index contributed by atoms with van der Waals surface area (Å²) >= 11 is 0. The van der Waals surface area contributed by atoms with E-state index in [9.17, 15) is 4.39 Å². The molecule has 0 heterocycles. The van der Waals surface area contributed by atoms with Crippen molar-refractivity contribution in [2.45, 2.75) is 40.7 Å². The van der Waals surface area contributed by atoms with Crippen molar-refractivity contribution in [1.29, 1.82) is 0 Å². The lowest BCUT2D eigenvalue weighted by Gasteiger charge is -2.29. The van der Waals surface area contributed by atoms with Gasteiger partial charge in [0, 0.05) is 6.04 Å². The molecule has 0 saturated heterocycles. The van der Waals surface area contributed by atoms with Gasteiger partial charge in [-0.05, 0) is 48.6 Å². The van der Waals surface area contributed by atoms with Crippen LogP contribution in [-0.4, -0.2) is 6.54 Å². The summed E-state index contributed by atoms with van der Waals surface area (Å²) in [6.45, 7) is 11.7. The molecule has 0 amide bonds. The van der Waals surface area contributed by atoms with Gasteiger partial charge in [-0.3, -0.25) is 0 Å². The normalized spacial score (nSPS) is 15.0. The lowest BCUT2D eigenvalue weighted by atomic mass is 9.84. The fraction of sp³-hybridized carbons (Fsp3) is 0.600. The SMILES string of the molecule is CCNC(c1ccc(F)cc1C)C(C)C(C)C. The van der Waals surface area contributed by atoms with Crippen LogP contribution in [0.15, 0.2) is 18.2 Å². The van der Waals surface area contributed by atoms with Crippen molar-refractivity contribution in [3.05, 3.63) is 35.1 Å². The molecule has 1 aromatic carbocycles. The molecule has 1 N–H and O–H groups in total. The highest BCUT2D eigenvalue weighted by Gasteiger charge is 2.22. The zero-order chi connectivity index (χ0) is 13.0. The highest BCUT2D eigenvalue weighted by atomic mass is 19.1. The van der Waals surface area contributed by atoms with Gasteiger partial charge < -0.3 is 5.32 Å². The van der Waals surface area contributed by atoms with Crippen molar-refractivity contribution in [1.82, 2.24) is 5.32 Å². The summed E-state index contributed by atoms with van der Waals surface area (Å²) in [6.07, 6.45) is 0. The molecule has 2 heteroatoms. The van der Waals surface area contributed by atoms with Crippen molar-refractivity contribution < 1.29 is 4.39 Å². The van der Waals surface area contributed by atoms with Crippen LogP contribution < -0.4 is 5.32 Å². The maximum atomic E-state index is 13.1. The first-order valence-electron chi connectivity index (χ1n) is 6.46. The monoisotopic (exact) mass is 237 g/mol. The molecule has 0 bridgehead atoms. The Balaban J connectivity index is 3.04. The highest BCUT2D eigenvalue weighted by molar-refractivity contribution is 5.30. The van der Waals surface area contributed by atoms with Gasteiger partial charge in [0.25, 0.3) is 0 Å². The molecule has 1 aromatic rings. The van der Waals surface area contributed by atoms with E-state index in [0.29, 0.717) is 17.9 Å². The summed E-state index contributed by atoms with van der Waals surface area (Å²) in [4.78, 5) is 0. The molecule has 0 aliphatic heterocycles. The van der Waals surface area contributed by atoms with Gasteiger partial charge in [0.05, 0.1) is 0 Å². The third-order valence-electron chi connectivity index (χ3n) is 3.57. The van der Waals surface area contributed by atoms with Crippen LogP contribution in [0.4, 0.5) is 4.39 Å². The summed E-state index contributed by atoms with van der Waals surface area (Å²) in [5.74, 6) is 0.973. The summed E-state index contributed by atoms with van der Waals surface area (Å²) < 4.78 is 13.1. The number of rotatable bonds is 5. The molecule has 17 heavy (non-hydrogen) atoms. The minimum absolute atomic E-state index is 0.154. The molecule has 0 spiro atoms. The Labute approximate surface area is 104 Å². The zero-order valence-corrected chi connectivity index (χ0v) is 11.5. The average molecular weight is 237 g/mol. The molecule has 96 valence electrons. The van der Waals surface area contributed by atoms with Crippen LogP contribution in [0.5, 0.6) is 0 Å². The van der Waals surface area contributed by atoms with E-state index in [2.05, 4.69) is 33.0 Å². The Morgan fingerprint density at radius 2 is 1.88 bits per heavy atom. The summed E-state index contributed by atoms with van der Waals surface area (Å²) in [5.41, 5.74) is 2.25. The Bertz CT molecular complexity index is 360. The molecule has 2 unspecified atom stereocenters. The largest absolute Gasteiger partial charge is 0.310 e. The maximum absolute atomic E-state index is 13.1. The summed E-state index contributed by atoms with van der Waals surface area (Å²) in [7, 11) is 0. The number of hydrogen-bond donors (Lipinski definition) is 1. The second kappa shape index (κ2) is 6.15. The van der Waals surface area contributed by atoms with Gasteiger partial charge in [-0.25, -0.2) is 4.39 Å². The third kappa shape index (κ3) is 3.53. The van der Waals surface area contributed by atoms with Gasteiger partial charge in [0.2, 0.25) is 0 Å². The van der Waals surface area contributed by atoms with Crippen LogP contribution in [0.1, 0.15) is 44.9 Å². The second-order valence-corrected chi connectivity index (χ2v) is 5.14. The predicted octanol–water partition coefficient (Wildman–Crippen LogP) is 4.08. The first-order chi connectivity index (χ1) is 7.97. The van der Waals surface area contributed by atoms with E-state index in [1.54, 1.807) is 12.1 Å². The molecular formula is C15H24FN. The van der Waals surface area contributed by atoms with E-state index >= 15 is 0 Å². The van der Waals surface area contributed by atoms with Crippen molar-refractivity contribution in [3.8, 4) is 0 Å². The fourth-order valence-electron chi connectivity index (χ4n) is 2.17. The topological polar surface area (TPSA) is 12.0 Å². The maximum Gasteiger partial charge on any atom is 0.123 e. The average Bonchev–Trinajstić information content (AvgIpc) is 2.26. The van der Waals surface area contributed by atoms with Gasteiger partial charge in [0.15, 0.2) is 0 Å². The minimum atomic E-state index is -0.154. The Morgan fingerprint density at radius 1 is 1.24 bits per heavy atom. The lowest BCUT2D eigenvalue weighted by Crippen LogP contribution is -2.30. The third-order valence-corrected chi connectivity index (χ3v) is 3.57. The van der Waals surface area contributed by atoms with E-state index in [4.69, 9.17) is 0 Å². The van der Waals surface area contributed by atoms with Crippen LogP contribution in [0, 0.1) is 24.6 Å². The van der Waals surface area contributed by atoms with Gasteiger partial charge in [-0.1, -0.05) is 33.8 Å². The smallest absolute Gasteiger partial charge is 0.123 e. The van der Waals surface area contributed by atoms with E-state index in [1.807, 2.05) is 13.0 Å². The van der Waals surface area contributed by atoms with Crippen molar-refractivity contribution >= 4 is 0 Å². The molecular weight excluding hydrogens is 213 g/mol. The number of benzene rings is 1. The fourth-order valence-corrected chi connectivity index (χ4v) is 2.17. The van der Waals surface area contributed by atoms with Crippen LogP contribution >= 0.6 is 0 Å². The zero-order valence-electron chi connectivity index (χ0n) is 11.5. The van der Waals surface area contributed by atoms with Gasteiger partial charge in [-0.15, -0.1) is 0 Å². The van der Waals surface area contributed by atoms with Gasteiger partial charge >= 0.3 is 0 Å². The van der Waals surface area contributed by atoms with Crippen LogP contribution in [-0.2, 0) is 0 Å². The molecule has 0 aliphatic rings. The van der Waals surface area contributed by atoms with E-state index < -0.39 is 0 Å². The Morgan fingerprint density at radius 3 is 2.35 bits per heavy atom. The first-order valence-corrected chi connectivity index (χ1v) is 6.46. The molecule has 2 atom stereocenters. The van der Waals surface area contributed by atoms with Crippen molar-refractivity contribution in [3.63, 3.8) is 0 Å². The van der Waals surface area contributed by atoms with E-state index in [-0.39, 0.29) is 5.82 Å². The molecule has 0 aromatic heterocycles. The Kier molecular flexibility index (Phi) is 5.13. The standard InChI is InChI=1S/C15H24FN/c1-6-17-15(12(5)10(2)3)14-8-7-13(16)9-11(14)4/h7-10,12,15,17H,6H2,1-5H3. The number of nitrogens with one attached hydrogen (secondary N) is 1. The van der Waals surface area contributed by atoms with Crippen molar-refractivity contribution in [2.75, 3.05) is 6.54 Å². The van der Waals surface area contributed by atoms with Crippen molar-refractivity contribution in [2.24, 2.45) is 11.8 Å². The second-order valence-electron chi connectivity index (χ2n) is 5.14. The first kappa shape index (κ1) is 14.2. The van der Waals surface area contributed by atoms with E-state index in [1.165, 1.54) is 5.56 Å². The molecule has 1 nitrogen and oxygen atoms in total.